The van der Waals surface area contributed by atoms with Gasteiger partial charge in [-0.15, -0.1) is 10.2 Å². The summed E-state index contributed by atoms with van der Waals surface area (Å²) in [5, 5.41) is 22.2. The SMILES string of the molecule is CC[C@H](Sc1nc(-c2ccccc2)cc(-c2ccccc2)c1C#N)C(=O)Nc1nnc(C)s1. The summed E-state index contributed by atoms with van der Waals surface area (Å²) in [6.07, 6.45) is 0.567. The molecule has 0 spiro atoms. The average Bonchev–Trinajstić information content (AvgIpc) is 3.27. The minimum absolute atomic E-state index is 0.185. The number of benzene rings is 2. The van der Waals surface area contributed by atoms with Gasteiger partial charge in [-0.05, 0) is 25.0 Å². The third-order valence-corrected chi connectivity index (χ3v) is 7.03. The number of pyridine rings is 1. The Balaban J connectivity index is 1.75. The summed E-state index contributed by atoms with van der Waals surface area (Å²) in [6.45, 7) is 3.77. The molecule has 4 rings (SSSR count). The highest BCUT2D eigenvalue weighted by Gasteiger charge is 2.24. The molecule has 6 nitrogen and oxygen atoms in total. The molecule has 0 bridgehead atoms. The predicted molar refractivity (Wildman–Crippen MR) is 133 cm³/mol. The molecule has 0 aliphatic rings. The molecule has 0 aliphatic carbocycles. The molecule has 1 N–H and O–H groups in total. The fraction of sp³-hybridized carbons (Fsp3) is 0.160. The van der Waals surface area contributed by atoms with Crippen molar-refractivity contribution in [2.24, 2.45) is 0 Å². The first-order valence-electron chi connectivity index (χ1n) is 10.4. The van der Waals surface area contributed by atoms with Crippen molar-refractivity contribution in [1.29, 1.82) is 5.26 Å². The minimum atomic E-state index is -0.441. The van der Waals surface area contributed by atoms with Gasteiger partial charge in [-0.25, -0.2) is 4.98 Å². The Morgan fingerprint density at radius 3 is 2.33 bits per heavy atom. The smallest absolute Gasteiger partial charge is 0.239 e. The Morgan fingerprint density at radius 1 is 1.09 bits per heavy atom. The number of anilines is 1. The molecule has 8 heteroatoms. The van der Waals surface area contributed by atoms with Gasteiger partial charge in [0.1, 0.15) is 16.1 Å². The van der Waals surface area contributed by atoms with Crippen LogP contribution < -0.4 is 5.32 Å². The molecule has 1 amide bonds. The summed E-state index contributed by atoms with van der Waals surface area (Å²) in [6, 6.07) is 23.9. The zero-order valence-electron chi connectivity index (χ0n) is 18.1. The quantitative estimate of drug-likeness (QED) is 0.335. The number of aryl methyl sites for hydroxylation is 1. The molecule has 4 aromatic rings. The van der Waals surface area contributed by atoms with Crippen LogP contribution in [-0.2, 0) is 4.79 Å². The zero-order chi connectivity index (χ0) is 23.2. The third kappa shape index (κ3) is 5.28. The van der Waals surface area contributed by atoms with E-state index in [4.69, 9.17) is 4.98 Å². The molecule has 0 saturated carbocycles. The topological polar surface area (TPSA) is 91.6 Å². The van der Waals surface area contributed by atoms with Crippen LogP contribution in [0.15, 0.2) is 71.8 Å². The van der Waals surface area contributed by atoms with Crippen molar-refractivity contribution in [3.05, 3.63) is 77.3 Å². The third-order valence-electron chi connectivity index (χ3n) is 4.93. The number of nitriles is 1. The molecular weight excluding hydrogens is 450 g/mol. The van der Waals surface area contributed by atoms with E-state index in [9.17, 15) is 10.1 Å². The molecule has 0 fully saturated rings. The van der Waals surface area contributed by atoms with Crippen molar-refractivity contribution in [2.45, 2.75) is 30.5 Å². The van der Waals surface area contributed by atoms with Gasteiger partial charge in [0.15, 0.2) is 0 Å². The van der Waals surface area contributed by atoms with Crippen molar-refractivity contribution in [1.82, 2.24) is 15.2 Å². The Bertz CT molecular complexity index is 1300. The number of rotatable bonds is 7. The lowest BCUT2D eigenvalue weighted by Crippen LogP contribution is -2.24. The summed E-state index contributed by atoms with van der Waals surface area (Å²) < 4.78 is 0. The average molecular weight is 472 g/mol. The van der Waals surface area contributed by atoms with Crippen LogP contribution in [-0.4, -0.2) is 26.3 Å². The number of amides is 1. The molecular formula is C25H21N5OS2. The Kier molecular flexibility index (Phi) is 7.13. The first-order chi connectivity index (χ1) is 16.1. The molecule has 164 valence electrons. The fourth-order valence-corrected chi connectivity index (χ4v) is 4.93. The second-order valence-corrected chi connectivity index (χ2v) is 9.58. The van der Waals surface area contributed by atoms with E-state index < -0.39 is 5.25 Å². The number of thioether (sulfide) groups is 1. The second kappa shape index (κ2) is 10.4. The summed E-state index contributed by atoms with van der Waals surface area (Å²) in [7, 11) is 0. The maximum Gasteiger partial charge on any atom is 0.239 e. The van der Waals surface area contributed by atoms with Crippen LogP contribution in [0.5, 0.6) is 0 Å². The number of aromatic nitrogens is 3. The lowest BCUT2D eigenvalue weighted by Gasteiger charge is -2.17. The molecule has 2 aromatic carbocycles. The number of nitrogens with one attached hydrogen (secondary N) is 1. The van der Waals surface area contributed by atoms with E-state index in [1.807, 2.05) is 80.6 Å². The summed E-state index contributed by atoms with van der Waals surface area (Å²) >= 11 is 2.63. The molecule has 0 aliphatic heterocycles. The van der Waals surface area contributed by atoms with E-state index in [2.05, 4.69) is 21.6 Å². The van der Waals surface area contributed by atoms with Crippen LogP contribution in [0.3, 0.4) is 0 Å². The molecule has 0 radical (unpaired) electrons. The molecule has 2 aromatic heterocycles. The van der Waals surface area contributed by atoms with Gasteiger partial charge < -0.3 is 0 Å². The van der Waals surface area contributed by atoms with Crippen molar-refractivity contribution in [3.8, 4) is 28.5 Å². The molecule has 2 heterocycles. The maximum atomic E-state index is 13.0. The highest BCUT2D eigenvalue weighted by Crippen LogP contribution is 2.36. The van der Waals surface area contributed by atoms with Crippen molar-refractivity contribution < 1.29 is 4.79 Å². The Labute approximate surface area is 200 Å². The summed E-state index contributed by atoms with van der Waals surface area (Å²) in [5.74, 6) is -0.185. The zero-order valence-corrected chi connectivity index (χ0v) is 19.8. The van der Waals surface area contributed by atoms with Gasteiger partial charge in [-0.3, -0.25) is 10.1 Å². The van der Waals surface area contributed by atoms with E-state index in [0.29, 0.717) is 22.1 Å². The Morgan fingerprint density at radius 2 is 1.76 bits per heavy atom. The second-order valence-electron chi connectivity index (χ2n) is 7.21. The molecule has 0 unspecified atom stereocenters. The van der Waals surface area contributed by atoms with Gasteiger partial charge in [0.2, 0.25) is 11.0 Å². The van der Waals surface area contributed by atoms with Crippen molar-refractivity contribution in [3.63, 3.8) is 0 Å². The van der Waals surface area contributed by atoms with Crippen LogP contribution >= 0.6 is 23.1 Å². The highest BCUT2D eigenvalue weighted by atomic mass is 32.2. The largest absolute Gasteiger partial charge is 0.300 e. The van der Waals surface area contributed by atoms with Gasteiger partial charge in [-0.1, -0.05) is 90.7 Å². The number of hydrogen-bond acceptors (Lipinski definition) is 7. The lowest BCUT2D eigenvalue weighted by molar-refractivity contribution is -0.115. The van der Waals surface area contributed by atoms with Gasteiger partial charge in [0.05, 0.1) is 16.5 Å². The normalized spacial score (nSPS) is 11.5. The molecule has 0 saturated heterocycles. The van der Waals surface area contributed by atoms with Gasteiger partial charge in [0.25, 0.3) is 0 Å². The van der Waals surface area contributed by atoms with Crippen molar-refractivity contribution in [2.75, 3.05) is 5.32 Å². The predicted octanol–water partition coefficient (Wildman–Crippen LogP) is 5.96. The monoisotopic (exact) mass is 471 g/mol. The molecule has 1 atom stereocenters. The van der Waals surface area contributed by atoms with Gasteiger partial charge in [-0.2, -0.15) is 5.26 Å². The fourth-order valence-electron chi connectivity index (χ4n) is 3.31. The van der Waals surface area contributed by atoms with Gasteiger partial charge in [0, 0.05) is 11.1 Å². The van der Waals surface area contributed by atoms with Gasteiger partial charge >= 0.3 is 0 Å². The first kappa shape index (κ1) is 22.6. The number of hydrogen-bond donors (Lipinski definition) is 1. The van der Waals surface area contributed by atoms with E-state index >= 15 is 0 Å². The standard InChI is InChI=1S/C25H21N5OS2/c1-3-22(23(31)28-25-30-29-16(2)32-25)33-24-20(15-26)19(17-10-6-4-7-11-17)14-21(27-24)18-12-8-5-9-13-18/h4-14,22H,3H2,1-2H3,(H,28,30,31)/t22-/m0/s1. The van der Waals surface area contributed by atoms with Crippen LogP contribution in [0.1, 0.15) is 23.9 Å². The Hall–Kier alpha value is -3.54. The van der Waals surface area contributed by atoms with Crippen molar-refractivity contribution >= 4 is 34.1 Å². The maximum absolute atomic E-state index is 13.0. The van der Waals surface area contributed by atoms with Crippen LogP contribution in [0.2, 0.25) is 0 Å². The van der Waals surface area contributed by atoms with E-state index in [1.165, 1.54) is 23.1 Å². The van der Waals surface area contributed by atoms with E-state index in [-0.39, 0.29) is 5.91 Å². The van der Waals surface area contributed by atoms with E-state index in [1.54, 1.807) is 0 Å². The highest BCUT2D eigenvalue weighted by molar-refractivity contribution is 8.00. The van der Waals surface area contributed by atoms with E-state index in [0.717, 1.165) is 27.4 Å². The summed E-state index contributed by atoms with van der Waals surface area (Å²) in [4.78, 5) is 17.8. The lowest BCUT2D eigenvalue weighted by atomic mass is 9.99. The minimum Gasteiger partial charge on any atom is -0.300 e. The summed E-state index contributed by atoms with van der Waals surface area (Å²) in [5.41, 5.74) is 3.89. The first-order valence-corrected chi connectivity index (χ1v) is 12.1. The van der Waals surface area contributed by atoms with Crippen LogP contribution in [0.4, 0.5) is 5.13 Å². The number of carbonyl (C=O) groups excluding carboxylic acids is 1. The van der Waals surface area contributed by atoms with Crippen LogP contribution in [0.25, 0.3) is 22.4 Å². The number of carbonyl (C=O) groups is 1. The number of nitrogens with zero attached hydrogens (tertiary/aromatic N) is 4. The molecule has 33 heavy (non-hydrogen) atoms. The van der Waals surface area contributed by atoms with Crippen LogP contribution in [0, 0.1) is 18.3 Å².